The second-order valence-corrected chi connectivity index (χ2v) is 7.43. The van der Waals surface area contributed by atoms with Gasteiger partial charge in [0, 0.05) is 7.05 Å². The van der Waals surface area contributed by atoms with Crippen LogP contribution >= 0.6 is 0 Å². The first-order valence-electron chi connectivity index (χ1n) is 9.73. The van der Waals surface area contributed by atoms with E-state index >= 15 is 0 Å². The lowest BCUT2D eigenvalue weighted by molar-refractivity contribution is -0.155. The summed E-state index contributed by atoms with van der Waals surface area (Å²) < 4.78 is 4.99. The monoisotopic (exact) mass is 392 g/mol. The van der Waals surface area contributed by atoms with Crippen LogP contribution in [0.5, 0.6) is 0 Å². The first kappa shape index (κ1) is 21.7. The third kappa shape index (κ3) is 3.96. The fourth-order valence-electron chi connectivity index (χ4n) is 3.86. The molecule has 154 valence electrons. The van der Waals surface area contributed by atoms with Crippen LogP contribution in [0.4, 0.5) is 4.79 Å². The van der Waals surface area contributed by atoms with Gasteiger partial charge in [-0.15, -0.1) is 0 Å². The fourth-order valence-corrected chi connectivity index (χ4v) is 3.86. The molecule has 1 heterocycles. The largest absolute Gasteiger partial charge is 0.454 e. The van der Waals surface area contributed by atoms with E-state index in [0.717, 1.165) is 24.2 Å². The Bertz CT molecular complexity index is 689. The highest BCUT2D eigenvalue weighted by Gasteiger charge is 2.49. The Labute approximate surface area is 165 Å². The molecule has 2 rings (SSSR count). The zero-order valence-corrected chi connectivity index (χ0v) is 16.7. The Hall–Kier alpha value is -2.63. The van der Waals surface area contributed by atoms with Gasteiger partial charge in [0.05, 0.1) is 6.07 Å². The van der Waals surface area contributed by atoms with E-state index in [1.807, 2.05) is 0 Å². The molecule has 0 unspecified atom stereocenters. The number of nitrogens with one attached hydrogen (secondary N) is 1. The van der Waals surface area contributed by atoms with Crippen LogP contribution in [-0.4, -0.2) is 64.9 Å². The number of nitrogens with zero attached hydrogens (tertiary/aromatic N) is 3. The number of urea groups is 1. The number of imide groups is 1. The highest BCUT2D eigenvalue weighted by Crippen LogP contribution is 2.32. The smallest absolute Gasteiger partial charge is 0.326 e. The number of hydrogen-bond acceptors (Lipinski definition) is 6. The predicted molar refractivity (Wildman–Crippen MR) is 98.7 cm³/mol. The number of amides is 4. The van der Waals surface area contributed by atoms with Gasteiger partial charge < -0.3 is 15.0 Å². The summed E-state index contributed by atoms with van der Waals surface area (Å²) in [5.74, 6) is -1.79. The van der Waals surface area contributed by atoms with Crippen LogP contribution in [0.15, 0.2) is 0 Å². The van der Waals surface area contributed by atoms with Crippen LogP contribution in [0.3, 0.4) is 0 Å². The SMILES string of the molecule is CCC1(CC)NC(=O)N(CC(=O)OCC(=O)N(C)C2(C#N)CCCCC2)C1=O. The number of esters is 1. The van der Waals surface area contributed by atoms with E-state index in [2.05, 4.69) is 11.4 Å². The first-order chi connectivity index (χ1) is 13.2. The van der Waals surface area contributed by atoms with Crippen LogP contribution in [0.2, 0.25) is 0 Å². The molecule has 4 amide bonds. The van der Waals surface area contributed by atoms with Gasteiger partial charge in [-0.05, 0) is 25.7 Å². The third-order valence-corrected chi connectivity index (χ3v) is 6.00. The molecule has 1 N–H and O–H groups in total. The topological polar surface area (TPSA) is 120 Å². The summed E-state index contributed by atoms with van der Waals surface area (Å²) in [6, 6.07) is 1.60. The summed E-state index contributed by atoms with van der Waals surface area (Å²) in [6.07, 6.45) is 4.79. The van der Waals surface area contributed by atoms with Crippen molar-refractivity contribution < 1.29 is 23.9 Å². The van der Waals surface area contributed by atoms with Gasteiger partial charge in [-0.3, -0.25) is 19.3 Å². The number of rotatable bonds is 7. The van der Waals surface area contributed by atoms with E-state index < -0.39 is 48.0 Å². The van der Waals surface area contributed by atoms with Gasteiger partial charge in [0.15, 0.2) is 6.61 Å². The molecule has 0 radical (unpaired) electrons. The summed E-state index contributed by atoms with van der Waals surface area (Å²) in [4.78, 5) is 51.2. The van der Waals surface area contributed by atoms with Crippen molar-refractivity contribution in [3.8, 4) is 6.07 Å². The third-order valence-electron chi connectivity index (χ3n) is 6.00. The molecule has 0 aromatic heterocycles. The zero-order chi connectivity index (χ0) is 20.9. The summed E-state index contributed by atoms with van der Waals surface area (Å²) >= 11 is 0. The maximum atomic E-state index is 12.5. The molecule has 2 aliphatic rings. The van der Waals surface area contributed by atoms with E-state index in [-0.39, 0.29) is 0 Å². The van der Waals surface area contributed by atoms with E-state index in [4.69, 9.17) is 4.74 Å². The van der Waals surface area contributed by atoms with Crippen LogP contribution in [0.1, 0.15) is 58.8 Å². The normalized spacial score (nSPS) is 20.3. The molecule has 9 heteroatoms. The molecule has 0 atom stereocenters. The van der Waals surface area contributed by atoms with Gasteiger partial charge in [0.1, 0.15) is 17.6 Å². The van der Waals surface area contributed by atoms with Crippen molar-refractivity contribution in [2.75, 3.05) is 20.2 Å². The number of ether oxygens (including phenoxy) is 1. The maximum Gasteiger partial charge on any atom is 0.326 e. The van der Waals surface area contributed by atoms with E-state index in [1.54, 1.807) is 20.9 Å². The lowest BCUT2D eigenvalue weighted by Crippen LogP contribution is -2.51. The molecule has 1 saturated heterocycles. The Kier molecular flexibility index (Phi) is 6.65. The number of carbonyl (C=O) groups is 4. The molecule has 2 fully saturated rings. The molecular weight excluding hydrogens is 364 g/mol. The van der Waals surface area contributed by atoms with Gasteiger partial charge >= 0.3 is 12.0 Å². The lowest BCUT2D eigenvalue weighted by atomic mass is 9.81. The summed E-state index contributed by atoms with van der Waals surface area (Å²) in [6.45, 7) is 2.49. The molecule has 28 heavy (non-hydrogen) atoms. The number of nitriles is 1. The molecule has 0 aromatic rings. The van der Waals surface area contributed by atoms with Crippen molar-refractivity contribution in [3.05, 3.63) is 0 Å². The summed E-state index contributed by atoms with van der Waals surface area (Å²) in [5.41, 5.74) is -1.86. The molecule has 9 nitrogen and oxygen atoms in total. The second kappa shape index (κ2) is 8.59. The summed E-state index contributed by atoms with van der Waals surface area (Å²) in [7, 11) is 1.54. The average Bonchev–Trinajstić information content (AvgIpc) is 2.96. The van der Waals surface area contributed by atoms with Gasteiger partial charge in [0.2, 0.25) is 0 Å². The van der Waals surface area contributed by atoms with Crippen LogP contribution < -0.4 is 5.32 Å². The summed E-state index contributed by atoms with van der Waals surface area (Å²) in [5, 5.41) is 12.2. The molecule has 0 bridgehead atoms. The fraction of sp³-hybridized carbons (Fsp3) is 0.737. The lowest BCUT2D eigenvalue weighted by Gasteiger charge is -2.38. The minimum atomic E-state index is -0.993. The molecule has 0 aromatic carbocycles. The van der Waals surface area contributed by atoms with Crippen LogP contribution in [0.25, 0.3) is 0 Å². The van der Waals surface area contributed by atoms with Crippen molar-refractivity contribution in [2.45, 2.75) is 69.9 Å². The Morgan fingerprint density at radius 2 is 1.82 bits per heavy atom. The highest BCUT2D eigenvalue weighted by molar-refractivity contribution is 6.08. The van der Waals surface area contributed by atoms with Gasteiger partial charge in [0.25, 0.3) is 11.8 Å². The van der Waals surface area contributed by atoms with Crippen molar-refractivity contribution in [1.82, 2.24) is 15.1 Å². The van der Waals surface area contributed by atoms with Crippen LogP contribution in [-0.2, 0) is 19.1 Å². The quantitative estimate of drug-likeness (QED) is 0.515. The van der Waals surface area contributed by atoms with E-state index in [1.165, 1.54) is 4.90 Å². The molecule has 1 aliphatic carbocycles. The highest BCUT2D eigenvalue weighted by atomic mass is 16.5. The average molecular weight is 392 g/mol. The number of likely N-dealkylation sites (N-methyl/N-ethyl adjacent to an activating group) is 1. The van der Waals surface area contributed by atoms with Crippen molar-refractivity contribution in [1.29, 1.82) is 5.26 Å². The maximum absolute atomic E-state index is 12.5. The van der Waals surface area contributed by atoms with Crippen molar-refractivity contribution >= 4 is 23.8 Å². The Morgan fingerprint density at radius 3 is 2.32 bits per heavy atom. The standard InChI is InChI=1S/C19H28N4O5/c1-4-19(5-2)16(26)23(17(27)21-19)11-15(25)28-12-14(24)22(3)18(13-20)9-7-6-8-10-18/h4-12H2,1-3H3,(H,21,27). The first-order valence-corrected chi connectivity index (χ1v) is 9.73. The van der Waals surface area contributed by atoms with Gasteiger partial charge in [-0.2, -0.15) is 5.26 Å². The van der Waals surface area contributed by atoms with Gasteiger partial charge in [-0.25, -0.2) is 4.79 Å². The van der Waals surface area contributed by atoms with Crippen LogP contribution in [0, 0.1) is 11.3 Å². The number of hydrogen-bond donors (Lipinski definition) is 1. The van der Waals surface area contributed by atoms with Gasteiger partial charge in [-0.1, -0.05) is 33.1 Å². The molecular formula is C19H28N4O5. The molecule has 1 saturated carbocycles. The minimum absolute atomic E-state index is 0.416. The van der Waals surface area contributed by atoms with Crippen molar-refractivity contribution in [3.63, 3.8) is 0 Å². The van der Waals surface area contributed by atoms with E-state index in [0.29, 0.717) is 25.7 Å². The van der Waals surface area contributed by atoms with Crippen molar-refractivity contribution in [2.24, 2.45) is 0 Å². The number of carbonyl (C=O) groups excluding carboxylic acids is 4. The Morgan fingerprint density at radius 1 is 1.21 bits per heavy atom. The second-order valence-electron chi connectivity index (χ2n) is 7.43. The molecule has 1 aliphatic heterocycles. The Balaban J connectivity index is 1.92. The predicted octanol–water partition coefficient (Wildman–Crippen LogP) is 1.33. The zero-order valence-electron chi connectivity index (χ0n) is 16.7. The van der Waals surface area contributed by atoms with E-state index in [9.17, 15) is 24.4 Å². The molecule has 0 spiro atoms. The minimum Gasteiger partial charge on any atom is -0.454 e.